The third-order valence-corrected chi connectivity index (χ3v) is 3.79. The van der Waals surface area contributed by atoms with E-state index < -0.39 is 0 Å². The van der Waals surface area contributed by atoms with Crippen LogP contribution in [-0.2, 0) is 4.79 Å². The smallest absolute Gasteiger partial charge is 0.246 e. The molecule has 104 valence electrons. The van der Waals surface area contributed by atoms with E-state index in [1.807, 2.05) is 55.5 Å². The molecule has 0 fully saturated rings. The lowest BCUT2D eigenvalue weighted by Crippen LogP contribution is -2.31. The van der Waals surface area contributed by atoms with Crippen LogP contribution in [0.2, 0.25) is 0 Å². The first-order valence-corrected chi connectivity index (χ1v) is 7.72. The van der Waals surface area contributed by atoms with Gasteiger partial charge in [-0.25, -0.2) is 0 Å². The molecule has 2 N–H and O–H groups in total. The van der Waals surface area contributed by atoms with Crippen LogP contribution in [0, 0.1) is 0 Å². The molecular weight excluding hydrogens is 384 g/mol. The molecule has 2 rings (SSSR count). The third-order valence-electron chi connectivity index (χ3n) is 2.73. The van der Waals surface area contributed by atoms with Gasteiger partial charge in [0.15, 0.2) is 0 Å². The number of halogens is 2. The highest BCUT2D eigenvalue weighted by molar-refractivity contribution is 9.10. The predicted octanol–water partition coefficient (Wildman–Crippen LogP) is 4.65. The number of carbonyl (C=O) groups excluding carboxylic acids is 1. The molecular formula is C15H14Br2N2O. The second-order valence-electron chi connectivity index (χ2n) is 4.37. The SMILES string of the molecule is CC(Nc1ccc(Br)cc1)C(=O)Nc1ccc(Br)cc1. The van der Waals surface area contributed by atoms with Crippen molar-refractivity contribution in [1.29, 1.82) is 0 Å². The summed E-state index contributed by atoms with van der Waals surface area (Å²) in [5, 5.41) is 6.03. The van der Waals surface area contributed by atoms with Gasteiger partial charge in [0.2, 0.25) is 5.91 Å². The molecule has 0 radical (unpaired) electrons. The van der Waals surface area contributed by atoms with E-state index in [9.17, 15) is 4.79 Å². The van der Waals surface area contributed by atoms with Gasteiger partial charge >= 0.3 is 0 Å². The van der Waals surface area contributed by atoms with Crippen molar-refractivity contribution in [3.05, 3.63) is 57.5 Å². The van der Waals surface area contributed by atoms with Crippen LogP contribution in [0.25, 0.3) is 0 Å². The van der Waals surface area contributed by atoms with E-state index in [-0.39, 0.29) is 11.9 Å². The molecule has 1 atom stereocenters. The zero-order chi connectivity index (χ0) is 14.5. The Labute approximate surface area is 135 Å². The summed E-state index contributed by atoms with van der Waals surface area (Å²) in [7, 11) is 0. The summed E-state index contributed by atoms with van der Waals surface area (Å²) in [5.41, 5.74) is 1.69. The van der Waals surface area contributed by atoms with Crippen LogP contribution in [0.5, 0.6) is 0 Å². The van der Waals surface area contributed by atoms with E-state index in [2.05, 4.69) is 42.5 Å². The molecule has 0 aliphatic heterocycles. The highest BCUT2D eigenvalue weighted by Crippen LogP contribution is 2.16. The third kappa shape index (κ3) is 4.35. The Kier molecular flexibility index (Phi) is 5.20. The van der Waals surface area contributed by atoms with Crippen LogP contribution in [-0.4, -0.2) is 11.9 Å². The van der Waals surface area contributed by atoms with Gasteiger partial charge in [0, 0.05) is 20.3 Å². The van der Waals surface area contributed by atoms with Gasteiger partial charge in [-0.15, -0.1) is 0 Å². The molecule has 1 amide bonds. The summed E-state index contributed by atoms with van der Waals surface area (Å²) < 4.78 is 1.99. The zero-order valence-electron chi connectivity index (χ0n) is 10.9. The Morgan fingerprint density at radius 2 is 1.35 bits per heavy atom. The average molecular weight is 398 g/mol. The fourth-order valence-corrected chi connectivity index (χ4v) is 2.17. The van der Waals surface area contributed by atoms with Gasteiger partial charge in [0.05, 0.1) is 0 Å². The number of carbonyl (C=O) groups is 1. The van der Waals surface area contributed by atoms with Crippen LogP contribution in [0.1, 0.15) is 6.92 Å². The first-order chi connectivity index (χ1) is 9.54. The Hall–Kier alpha value is -1.33. The molecule has 1 unspecified atom stereocenters. The van der Waals surface area contributed by atoms with Gasteiger partial charge in [-0.2, -0.15) is 0 Å². The quantitative estimate of drug-likeness (QED) is 0.788. The monoisotopic (exact) mass is 396 g/mol. The maximum atomic E-state index is 12.1. The van der Waals surface area contributed by atoms with Crippen molar-refractivity contribution < 1.29 is 4.79 Å². The summed E-state index contributed by atoms with van der Waals surface area (Å²) in [4.78, 5) is 12.1. The molecule has 0 aliphatic rings. The number of benzene rings is 2. The number of anilines is 2. The average Bonchev–Trinajstić information content (AvgIpc) is 2.44. The molecule has 2 aromatic rings. The maximum Gasteiger partial charge on any atom is 0.246 e. The largest absolute Gasteiger partial charge is 0.374 e. The van der Waals surface area contributed by atoms with Crippen LogP contribution < -0.4 is 10.6 Å². The van der Waals surface area contributed by atoms with E-state index >= 15 is 0 Å². The van der Waals surface area contributed by atoms with E-state index in [4.69, 9.17) is 0 Å². The minimum atomic E-state index is -0.320. The topological polar surface area (TPSA) is 41.1 Å². The predicted molar refractivity (Wildman–Crippen MR) is 90.0 cm³/mol. The normalized spacial score (nSPS) is 11.8. The highest BCUT2D eigenvalue weighted by atomic mass is 79.9. The molecule has 2 aromatic carbocycles. The van der Waals surface area contributed by atoms with Crippen molar-refractivity contribution >= 4 is 49.1 Å². The highest BCUT2D eigenvalue weighted by Gasteiger charge is 2.12. The first-order valence-electron chi connectivity index (χ1n) is 6.13. The summed E-state index contributed by atoms with van der Waals surface area (Å²) in [6.07, 6.45) is 0. The van der Waals surface area contributed by atoms with Gasteiger partial charge in [-0.05, 0) is 55.5 Å². The Bertz CT molecular complexity index is 582. The van der Waals surface area contributed by atoms with Crippen molar-refractivity contribution in [3.63, 3.8) is 0 Å². The van der Waals surface area contributed by atoms with E-state index in [0.717, 1.165) is 20.3 Å². The summed E-state index contributed by atoms with van der Waals surface area (Å²) in [5.74, 6) is -0.0739. The molecule has 0 heterocycles. The van der Waals surface area contributed by atoms with Crippen molar-refractivity contribution in [2.75, 3.05) is 10.6 Å². The number of rotatable bonds is 4. The number of nitrogens with one attached hydrogen (secondary N) is 2. The molecule has 5 heteroatoms. The van der Waals surface area contributed by atoms with E-state index in [0.29, 0.717) is 0 Å². The first kappa shape index (κ1) is 15.1. The number of hydrogen-bond acceptors (Lipinski definition) is 2. The minimum Gasteiger partial charge on any atom is -0.374 e. The van der Waals surface area contributed by atoms with Crippen LogP contribution in [0.15, 0.2) is 57.5 Å². The number of amides is 1. The number of hydrogen-bond donors (Lipinski definition) is 2. The van der Waals surface area contributed by atoms with Crippen LogP contribution in [0.4, 0.5) is 11.4 Å². The maximum absolute atomic E-state index is 12.1. The summed E-state index contributed by atoms with van der Waals surface area (Å²) in [6, 6.07) is 14.9. The lowest BCUT2D eigenvalue weighted by molar-refractivity contribution is -0.116. The molecule has 0 spiro atoms. The van der Waals surface area contributed by atoms with Crippen molar-refractivity contribution in [1.82, 2.24) is 0 Å². The summed E-state index contributed by atoms with van der Waals surface area (Å²) in [6.45, 7) is 1.83. The Morgan fingerprint density at radius 1 is 0.900 bits per heavy atom. The molecule has 0 saturated carbocycles. The Balaban J connectivity index is 1.94. The molecule has 0 aliphatic carbocycles. The second-order valence-corrected chi connectivity index (χ2v) is 6.20. The van der Waals surface area contributed by atoms with Crippen LogP contribution in [0.3, 0.4) is 0 Å². The zero-order valence-corrected chi connectivity index (χ0v) is 14.0. The standard InChI is InChI=1S/C15H14Br2N2O/c1-10(18-13-6-2-11(16)3-7-13)15(20)19-14-8-4-12(17)5-9-14/h2-10,18H,1H3,(H,19,20). The summed E-state index contributed by atoms with van der Waals surface area (Å²) >= 11 is 6.74. The molecule has 20 heavy (non-hydrogen) atoms. The fourth-order valence-electron chi connectivity index (χ4n) is 1.65. The molecule has 0 saturated heterocycles. The van der Waals surface area contributed by atoms with E-state index in [1.54, 1.807) is 0 Å². The lowest BCUT2D eigenvalue weighted by atomic mass is 10.2. The van der Waals surface area contributed by atoms with Crippen molar-refractivity contribution in [3.8, 4) is 0 Å². The van der Waals surface area contributed by atoms with Gasteiger partial charge in [0.1, 0.15) is 6.04 Å². The van der Waals surface area contributed by atoms with Crippen molar-refractivity contribution in [2.24, 2.45) is 0 Å². The van der Waals surface area contributed by atoms with Gasteiger partial charge in [-0.1, -0.05) is 31.9 Å². The van der Waals surface area contributed by atoms with Gasteiger partial charge in [-0.3, -0.25) is 4.79 Å². The second kappa shape index (κ2) is 6.90. The van der Waals surface area contributed by atoms with Gasteiger partial charge in [0.25, 0.3) is 0 Å². The minimum absolute atomic E-state index is 0.0739. The van der Waals surface area contributed by atoms with Gasteiger partial charge < -0.3 is 10.6 Å². The van der Waals surface area contributed by atoms with E-state index in [1.165, 1.54) is 0 Å². The Morgan fingerprint density at radius 3 is 1.85 bits per heavy atom. The molecule has 0 bridgehead atoms. The molecule has 0 aromatic heterocycles. The van der Waals surface area contributed by atoms with Crippen LogP contribution >= 0.6 is 31.9 Å². The van der Waals surface area contributed by atoms with Crippen molar-refractivity contribution in [2.45, 2.75) is 13.0 Å². The molecule has 3 nitrogen and oxygen atoms in total. The fraction of sp³-hybridized carbons (Fsp3) is 0.133. The lowest BCUT2D eigenvalue weighted by Gasteiger charge is -2.15.